The molecule has 122 valence electrons. The molecular formula is C14H23N5O2S. The first-order valence-electron chi connectivity index (χ1n) is 7.36. The van der Waals surface area contributed by atoms with Gasteiger partial charge < -0.3 is 15.1 Å². The van der Waals surface area contributed by atoms with Crippen LogP contribution in [0.25, 0.3) is 0 Å². The number of amides is 2. The average molecular weight is 325 g/mol. The third kappa shape index (κ3) is 4.75. The molecule has 0 unspecified atom stereocenters. The first-order valence-corrected chi connectivity index (χ1v) is 8.18. The number of fused-ring (bicyclic) bond motifs is 1. The molecule has 0 radical (unpaired) electrons. The molecule has 2 amide bonds. The summed E-state index contributed by atoms with van der Waals surface area (Å²) in [5, 5.41) is 5.72. The third-order valence-electron chi connectivity index (χ3n) is 3.42. The molecule has 1 aliphatic rings. The summed E-state index contributed by atoms with van der Waals surface area (Å²) < 4.78 is 0. The van der Waals surface area contributed by atoms with Gasteiger partial charge in [-0.1, -0.05) is 0 Å². The molecule has 0 aliphatic carbocycles. The second-order valence-corrected chi connectivity index (χ2v) is 6.83. The Morgan fingerprint density at radius 3 is 2.86 bits per heavy atom. The maximum Gasteiger partial charge on any atom is 0.315 e. The minimum Gasteiger partial charge on any atom is -0.348 e. The molecule has 7 nitrogen and oxygen atoms in total. The summed E-state index contributed by atoms with van der Waals surface area (Å²) in [7, 11) is 5.99. The number of carbonyl (C=O) groups excluding carboxylic acids is 2. The van der Waals surface area contributed by atoms with Crippen molar-refractivity contribution in [3.05, 3.63) is 10.6 Å². The summed E-state index contributed by atoms with van der Waals surface area (Å²) in [6.45, 7) is 3.17. The van der Waals surface area contributed by atoms with Gasteiger partial charge in [0.1, 0.15) is 0 Å². The van der Waals surface area contributed by atoms with E-state index in [0.29, 0.717) is 11.7 Å². The van der Waals surface area contributed by atoms with Crippen molar-refractivity contribution >= 4 is 28.3 Å². The fourth-order valence-corrected chi connectivity index (χ4v) is 3.29. The van der Waals surface area contributed by atoms with Crippen molar-refractivity contribution in [3.63, 3.8) is 0 Å². The van der Waals surface area contributed by atoms with Crippen molar-refractivity contribution in [1.29, 1.82) is 0 Å². The van der Waals surface area contributed by atoms with Gasteiger partial charge in [-0.25, -0.2) is 4.98 Å². The molecule has 2 heterocycles. The van der Waals surface area contributed by atoms with E-state index in [1.165, 1.54) is 11.3 Å². The lowest BCUT2D eigenvalue weighted by Crippen LogP contribution is -2.36. The Hall–Kier alpha value is -1.51. The van der Waals surface area contributed by atoms with E-state index >= 15 is 0 Å². The van der Waals surface area contributed by atoms with E-state index in [1.807, 2.05) is 19.0 Å². The topological polar surface area (TPSA) is 77.6 Å². The van der Waals surface area contributed by atoms with Crippen molar-refractivity contribution in [2.75, 3.05) is 46.1 Å². The zero-order valence-corrected chi connectivity index (χ0v) is 14.1. The summed E-state index contributed by atoms with van der Waals surface area (Å²) in [6.07, 6.45) is 1.69. The van der Waals surface area contributed by atoms with Crippen LogP contribution < -0.4 is 10.6 Å². The monoisotopic (exact) mass is 325 g/mol. The molecule has 0 saturated carbocycles. The molecule has 0 spiro atoms. The standard InChI is InChI=1S/C14H23N5O2S/c1-18(2)7-4-6-15-12(20)13(21)17-14-16-10-5-8-19(3)9-11(10)22-14/h4-9H2,1-3H3,(H,15,20)(H,16,17,21). The van der Waals surface area contributed by atoms with Crippen molar-refractivity contribution in [2.45, 2.75) is 19.4 Å². The normalized spacial score (nSPS) is 14.7. The van der Waals surface area contributed by atoms with Crippen LogP contribution in [0.5, 0.6) is 0 Å². The minimum atomic E-state index is -0.649. The number of anilines is 1. The van der Waals surface area contributed by atoms with Crippen molar-refractivity contribution < 1.29 is 9.59 Å². The van der Waals surface area contributed by atoms with Crippen LogP contribution >= 0.6 is 11.3 Å². The summed E-state index contributed by atoms with van der Waals surface area (Å²) in [4.78, 5) is 33.4. The molecule has 0 aromatic carbocycles. The highest BCUT2D eigenvalue weighted by atomic mass is 32.1. The number of nitrogens with zero attached hydrogens (tertiary/aromatic N) is 3. The molecule has 0 fully saturated rings. The van der Waals surface area contributed by atoms with Gasteiger partial charge in [0, 0.05) is 30.9 Å². The number of nitrogens with one attached hydrogen (secondary N) is 2. The SMILES string of the molecule is CN(C)CCCNC(=O)C(=O)Nc1nc2c(s1)CN(C)CC2. The molecular weight excluding hydrogens is 302 g/mol. The Labute approximate surface area is 134 Å². The second-order valence-electron chi connectivity index (χ2n) is 5.74. The summed E-state index contributed by atoms with van der Waals surface area (Å²) >= 11 is 1.45. The van der Waals surface area contributed by atoms with Crippen LogP contribution in [0.3, 0.4) is 0 Å². The maximum absolute atomic E-state index is 11.8. The number of thiazole rings is 1. The second kappa shape index (κ2) is 7.66. The van der Waals surface area contributed by atoms with Crippen LogP contribution in [-0.2, 0) is 22.6 Å². The van der Waals surface area contributed by atoms with Crippen LogP contribution in [0.15, 0.2) is 0 Å². The molecule has 0 bridgehead atoms. The van der Waals surface area contributed by atoms with Gasteiger partial charge in [-0.3, -0.25) is 14.9 Å². The van der Waals surface area contributed by atoms with Gasteiger partial charge in [0.25, 0.3) is 0 Å². The van der Waals surface area contributed by atoms with Gasteiger partial charge in [-0.2, -0.15) is 0 Å². The zero-order chi connectivity index (χ0) is 16.1. The van der Waals surface area contributed by atoms with Gasteiger partial charge >= 0.3 is 11.8 Å². The molecule has 0 atom stereocenters. The first-order chi connectivity index (χ1) is 10.5. The predicted molar refractivity (Wildman–Crippen MR) is 87.0 cm³/mol. The van der Waals surface area contributed by atoms with Gasteiger partial charge in [-0.05, 0) is 34.1 Å². The lowest BCUT2D eigenvalue weighted by molar-refractivity contribution is -0.136. The number of rotatable bonds is 5. The molecule has 2 N–H and O–H groups in total. The van der Waals surface area contributed by atoms with Crippen LogP contribution in [-0.4, -0.2) is 67.4 Å². The Balaban J connectivity index is 1.80. The molecule has 2 rings (SSSR count). The van der Waals surface area contributed by atoms with E-state index < -0.39 is 11.8 Å². The fourth-order valence-electron chi connectivity index (χ4n) is 2.21. The predicted octanol–water partition coefficient (Wildman–Crippen LogP) is 0.137. The van der Waals surface area contributed by atoms with Crippen LogP contribution in [0, 0.1) is 0 Å². The molecule has 8 heteroatoms. The first kappa shape index (κ1) is 16.9. The highest BCUT2D eigenvalue weighted by molar-refractivity contribution is 7.16. The van der Waals surface area contributed by atoms with Crippen LogP contribution in [0.4, 0.5) is 5.13 Å². The van der Waals surface area contributed by atoms with Crippen molar-refractivity contribution in [1.82, 2.24) is 20.1 Å². The van der Waals surface area contributed by atoms with Crippen LogP contribution in [0.1, 0.15) is 17.0 Å². The molecule has 1 aromatic heterocycles. The quantitative estimate of drug-likeness (QED) is 0.595. The van der Waals surface area contributed by atoms with E-state index in [4.69, 9.17) is 0 Å². The number of carbonyl (C=O) groups is 2. The highest BCUT2D eigenvalue weighted by Gasteiger charge is 2.20. The number of aromatic nitrogens is 1. The zero-order valence-electron chi connectivity index (χ0n) is 13.3. The fraction of sp³-hybridized carbons (Fsp3) is 0.643. The Kier molecular flexibility index (Phi) is 5.87. The lowest BCUT2D eigenvalue weighted by atomic mass is 10.2. The van der Waals surface area contributed by atoms with E-state index in [9.17, 15) is 9.59 Å². The Morgan fingerprint density at radius 1 is 1.36 bits per heavy atom. The minimum absolute atomic E-state index is 0.490. The number of hydrogen-bond donors (Lipinski definition) is 2. The number of likely N-dealkylation sites (N-methyl/N-ethyl adjacent to an activating group) is 1. The van der Waals surface area contributed by atoms with Gasteiger partial charge in [0.05, 0.1) is 5.69 Å². The smallest absolute Gasteiger partial charge is 0.315 e. The molecule has 22 heavy (non-hydrogen) atoms. The highest BCUT2D eigenvalue weighted by Crippen LogP contribution is 2.27. The molecule has 1 aliphatic heterocycles. The van der Waals surface area contributed by atoms with Gasteiger partial charge in [0.15, 0.2) is 5.13 Å². The molecule has 1 aromatic rings. The largest absolute Gasteiger partial charge is 0.348 e. The summed E-state index contributed by atoms with van der Waals surface area (Å²) in [5.74, 6) is -1.26. The Morgan fingerprint density at radius 2 is 2.14 bits per heavy atom. The van der Waals surface area contributed by atoms with Crippen molar-refractivity contribution in [2.24, 2.45) is 0 Å². The molecule has 0 saturated heterocycles. The average Bonchev–Trinajstić information content (AvgIpc) is 2.84. The third-order valence-corrected chi connectivity index (χ3v) is 4.41. The summed E-state index contributed by atoms with van der Waals surface area (Å²) in [5.41, 5.74) is 1.03. The Bertz CT molecular complexity index is 543. The van der Waals surface area contributed by atoms with E-state index in [0.717, 1.165) is 43.0 Å². The van der Waals surface area contributed by atoms with Gasteiger partial charge in [0.2, 0.25) is 0 Å². The van der Waals surface area contributed by atoms with Gasteiger partial charge in [-0.15, -0.1) is 11.3 Å². The van der Waals surface area contributed by atoms with Crippen LogP contribution in [0.2, 0.25) is 0 Å². The number of hydrogen-bond acceptors (Lipinski definition) is 6. The lowest BCUT2D eigenvalue weighted by Gasteiger charge is -2.20. The summed E-state index contributed by atoms with van der Waals surface area (Å²) in [6, 6.07) is 0. The van der Waals surface area contributed by atoms with E-state index in [2.05, 4.69) is 27.6 Å². The maximum atomic E-state index is 11.8. The van der Waals surface area contributed by atoms with E-state index in [-0.39, 0.29) is 0 Å². The van der Waals surface area contributed by atoms with E-state index in [1.54, 1.807) is 0 Å². The van der Waals surface area contributed by atoms with Crippen molar-refractivity contribution in [3.8, 4) is 0 Å².